The van der Waals surface area contributed by atoms with Gasteiger partial charge in [0.25, 0.3) is 5.69 Å². The van der Waals surface area contributed by atoms with Crippen LogP contribution in [0.15, 0.2) is 29.2 Å². The molecule has 1 fully saturated rings. The van der Waals surface area contributed by atoms with E-state index < -0.39 is 16.6 Å². The summed E-state index contributed by atoms with van der Waals surface area (Å²) in [6.07, 6.45) is 2.31. The van der Waals surface area contributed by atoms with Gasteiger partial charge in [-0.05, 0) is 52.2 Å². The Labute approximate surface area is 169 Å². The highest BCUT2D eigenvalue weighted by Crippen LogP contribution is 2.24. The smallest absolute Gasteiger partial charge is 0.407 e. The number of carbonyl (C=O) groups excluding carboxylic acids is 2. The number of ether oxygens (including phenoxy) is 1. The predicted molar refractivity (Wildman–Crippen MR) is 107 cm³/mol. The summed E-state index contributed by atoms with van der Waals surface area (Å²) in [4.78, 5) is 37.4. The van der Waals surface area contributed by atoms with Crippen LogP contribution >= 0.6 is 11.8 Å². The van der Waals surface area contributed by atoms with Crippen molar-refractivity contribution < 1.29 is 19.2 Å². The number of nitro benzene ring substituents is 1. The van der Waals surface area contributed by atoms with E-state index in [0.29, 0.717) is 13.1 Å². The topological polar surface area (TPSA) is 102 Å². The van der Waals surface area contributed by atoms with Crippen molar-refractivity contribution >= 4 is 29.4 Å². The number of nitro groups is 1. The Bertz CT molecular complexity index is 703. The van der Waals surface area contributed by atoms with Crippen LogP contribution in [0.25, 0.3) is 0 Å². The molecule has 0 aliphatic carbocycles. The number of hydrogen-bond donors (Lipinski definition) is 1. The highest BCUT2D eigenvalue weighted by atomic mass is 32.2. The van der Waals surface area contributed by atoms with Crippen LogP contribution in [-0.4, -0.2) is 52.3 Å². The highest BCUT2D eigenvalue weighted by Gasteiger charge is 2.27. The number of nitrogens with zero attached hydrogens (tertiary/aromatic N) is 2. The molecule has 1 aromatic carbocycles. The largest absolute Gasteiger partial charge is 0.444 e. The van der Waals surface area contributed by atoms with Crippen LogP contribution in [0.3, 0.4) is 0 Å². The predicted octanol–water partition coefficient (Wildman–Crippen LogP) is 3.59. The lowest BCUT2D eigenvalue weighted by molar-refractivity contribution is -0.384. The molecule has 2 amide bonds. The van der Waals surface area contributed by atoms with E-state index in [0.717, 1.165) is 24.2 Å². The second kappa shape index (κ2) is 9.77. The number of hydrogen-bond acceptors (Lipinski definition) is 6. The SMILES string of the molecule is CC(C)(C)OC(=O)NCC1CCCCN1C(=O)CSc1ccc([N+](=O)[O-])cc1. The Morgan fingerprint density at radius 3 is 2.57 bits per heavy atom. The average molecular weight is 410 g/mol. The van der Waals surface area contributed by atoms with Crippen LogP contribution in [0.1, 0.15) is 40.0 Å². The van der Waals surface area contributed by atoms with Crippen LogP contribution in [0.5, 0.6) is 0 Å². The van der Waals surface area contributed by atoms with E-state index in [1.54, 1.807) is 32.9 Å². The van der Waals surface area contributed by atoms with Gasteiger partial charge in [-0.3, -0.25) is 14.9 Å². The van der Waals surface area contributed by atoms with Gasteiger partial charge in [-0.2, -0.15) is 0 Å². The van der Waals surface area contributed by atoms with Crippen LogP contribution in [0.4, 0.5) is 10.5 Å². The number of carbonyl (C=O) groups is 2. The quantitative estimate of drug-likeness (QED) is 0.438. The van der Waals surface area contributed by atoms with Crippen molar-refractivity contribution in [3.63, 3.8) is 0 Å². The van der Waals surface area contributed by atoms with Gasteiger partial charge in [0, 0.05) is 36.2 Å². The summed E-state index contributed by atoms with van der Waals surface area (Å²) in [5.41, 5.74) is -0.534. The van der Waals surface area contributed by atoms with Gasteiger partial charge in [0.2, 0.25) is 5.91 Å². The lowest BCUT2D eigenvalue weighted by Crippen LogP contribution is -2.50. The van der Waals surface area contributed by atoms with E-state index >= 15 is 0 Å². The van der Waals surface area contributed by atoms with Gasteiger partial charge in [0.05, 0.1) is 10.7 Å². The molecular formula is C19H27N3O5S. The zero-order valence-corrected chi connectivity index (χ0v) is 17.3. The molecule has 0 bridgehead atoms. The van der Waals surface area contributed by atoms with Crippen molar-refractivity contribution in [2.45, 2.75) is 56.6 Å². The number of benzene rings is 1. The molecule has 1 aromatic rings. The number of amides is 2. The van der Waals surface area contributed by atoms with Crippen molar-refractivity contribution in [3.8, 4) is 0 Å². The number of alkyl carbamates (subject to hydrolysis) is 1. The highest BCUT2D eigenvalue weighted by molar-refractivity contribution is 8.00. The van der Waals surface area contributed by atoms with Gasteiger partial charge in [-0.25, -0.2) is 4.79 Å². The van der Waals surface area contributed by atoms with E-state index in [2.05, 4.69) is 5.32 Å². The second-order valence-electron chi connectivity index (χ2n) is 7.66. The standard InChI is InChI=1S/C19H27N3O5S/c1-19(2,3)27-18(24)20-12-15-6-4-5-11-21(15)17(23)13-28-16-9-7-14(8-10-16)22(25)26/h7-10,15H,4-6,11-13H2,1-3H3,(H,20,24). The van der Waals surface area contributed by atoms with Crippen LogP contribution < -0.4 is 5.32 Å². The third-order valence-electron chi connectivity index (χ3n) is 4.24. The number of thioether (sulfide) groups is 1. The second-order valence-corrected chi connectivity index (χ2v) is 8.71. The molecule has 9 heteroatoms. The minimum absolute atomic E-state index is 0.000887. The normalized spacial score (nSPS) is 17.1. The molecule has 0 saturated carbocycles. The molecule has 1 atom stereocenters. The Kier molecular flexibility index (Phi) is 7.68. The fourth-order valence-electron chi connectivity index (χ4n) is 2.95. The Hall–Kier alpha value is -2.29. The summed E-state index contributed by atoms with van der Waals surface area (Å²) in [5, 5.41) is 13.5. The first-order chi connectivity index (χ1) is 13.2. The molecule has 1 aliphatic rings. The van der Waals surface area contributed by atoms with E-state index in [4.69, 9.17) is 4.74 Å². The van der Waals surface area contributed by atoms with E-state index in [-0.39, 0.29) is 23.4 Å². The first-order valence-corrected chi connectivity index (χ1v) is 10.3. The summed E-state index contributed by atoms with van der Waals surface area (Å²) in [5.74, 6) is 0.250. The number of nitrogens with one attached hydrogen (secondary N) is 1. The number of likely N-dealkylation sites (tertiary alicyclic amines) is 1. The number of piperidine rings is 1. The van der Waals surface area contributed by atoms with Crippen LogP contribution in [-0.2, 0) is 9.53 Å². The molecule has 2 rings (SSSR count). The van der Waals surface area contributed by atoms with Crippen LogP contribution in [0.2, 0.25) is 0 Å². The molecule has 1 unspecified atom stereocenters. The maximum atomic E-state index is 12.7. The first kappa shape index (κ1) is 22.0. The summed E-state index contributed by atoms with van der Waals surface area (Å²) < 4.78 is 5.25. The molecule has 1 heterocycles. The van der Waals surface area contributed by atoms with Gasteiger partial charge < -0.3 is 15.0 Å². The number of non-ortho nitro benzene ring substituents is 1. The number of rotatable bonds is 6. The Morgan fingerprint density at radius 1 is 1.29 bits per heavy atom. The molecule has 0 radical (unpaired) electrons. The molecule has 8 nitrogen and oxygen atoms in total. The maximum Gasteiger partial charge on any atom is 0.407 e. The molecule has 1 saturated heterocycles. The fourth-order valence-corrected chi connectivity index (χ4v) is 3.73. The van der Waals surface area contributed by atoms with Crippen molar-refractivity contribution in [2.24, 2.45) is 0 Å². The van der Waals surface area contributed by atoms with Gasteiger partial charge in [0.15, 0.2) is 0 Å². The zero-order chi connectivity index (χ0) is 20.7. The fraction of sp³-hybridized carbons (Fsp3) is 0.579. The molecular weight excluding hydrogens is 382 g/mol. The van der Waals surface area contributed by atoms with Crippen molar-refractivity contribution in [1.29, 1.82) is 0 Å². The van der Waals surface area contributed by atoms with Crippen molar-refractivity contribution in [2.75, 3.05) is 18.8 Å². The molecule has 0 aromatic heterocycles. The lowest BCUT2D eigenvalue weighted by atomic mass is 10.0. The molecule has 154 valence electrons. The average Bonchev–Trinajstić information content (AvgIpc) is 2.63. The van der Waals surface area contributed by atoms with Gasteiger partial charge in [-0.1, -0.05) is 0 Å². The molecule has 28 heavy (non-hydrogen) atoms. The van der Waals surface area contributed by atoms with Crippen LogP contribution in [0, 0.1) is 10.1 Å². The van der Waals surface area contributed by atoms with Crippen molar-refractivity contribution in [1.82, 2.24) is 10.2 Å². The third kappa shape index (κ3) is 7.03. The summed E-state index contributed by atoms with van der Waals surface area (Å²) >= 11 is 1.35. The van der Waals surface area contributed by atoms with E-state index in [1.807, 2.05) is 4.90 Å². The van der Waals surface area contributed by atoms with E-state index in [1.165, 1.54) is 23.9 Å². The molecule has 0 spiro atoms. The van der Waals surface area contributed by atoms with Gasteiger partial charge in [-0.15, -0.1) is 11.8 Å². The van der Waals surface area contributed by atoms with E-state index in [9.17, 15) is 19.7 Å². The van der Waals surface area contributed by atoms with Gasteiger partial charge >= 0.3 is 6.09 Å². The summed E-state index contributed by atoms with van der Waals surface area (Å²) in [6, 6.07) is 6.11. The zero-order valence-electron chi connectivity index (χ0n) is 16.5. The Morgan fingerprint density at radius 2 is 1.96 bits per heavy atom. The first-order valence-electron chi connectivity index (χ1n) is 9.29. The molecule has 1 N–H and O–H groups in total. The lowest BCUT2D eigenvalue weighted by Gasteiger charge is -2.36. The minimum Gasteiger partial charge on any atom is -0.444 e. The monoisotopic (exact) mass is 409 g/mol. The van der Waals surface area contributed by atoms with Gasteiger partial charge in [0.1, 0.15) is 5.60 Å². The maximum absolute atomic E-state index is 12.7. The third-order valence-corrected chi connectivity index (χ3v) is 5.24. The summed E-state index contributed by atoms with van der Waals surface area (Å²) in [7, 11) is 0. The minimum atomic E-state index is -0.562. The molecule has 1 aliphatic heterocycles. The summed E-state index contributed by atoms with van der Waals surface area (Å²) in [6.45, 7) is 6.44. The van der Waals surface area contributed by atoms with Crippen molar-refractivity contribution in [3.05, 3.63) is 34.4 Å². The Balaban J connectivity index is 1.87.